The number of nitrogens with one attached hydrogen (secondary N) is 1. The first-order chi connectivity index (χ1) is 7.63. The summed E-state index contributed by atoms with van der Waals surface area (Å²) in [4.78, 5) is 10.8. The van der Waals surface area contributed by atoms with E-state index in [-0.39, 0.29) is 11.8 Å². The Morgan fingerprint density at radius 3 is 2.38 bits per heavy atom. The Bertz CT molecular complexity index is 332. The van der Waals surface area contributed by atoms with E-state index in [0.29, 0.717) is 6.54 Å². The number of benzene rings is 1. The zero-order chi connectivity index (χ0) is 12.0. The van der Waals surface area contributed by atoms with Gasteiger partial charge >= 0.3 is 0 Å². The van der Waals surface area contributed by atoms with Gasteiger partial charge in [0.2, 0.25) is 5.91 Å². The van der Waals surface area contributed by atoms with Crippen LogP contribution in [0.1, 0.15) is 25.0 Å². The summed E-state index contributed by atoms with van der Waals surface area (Å²) in [7, 11) is 0. The van der Waals surface area contributed by atoms with Gasteiger partial charge in [-0.1, -0.05) is 38.1 Å². The molecule has 16 heavy (non-hydrogen) atoms. The highest BCUT2D eigenvalue weighted by molar-refractivity contribution is 5.76. The number of hydrogen-bond donors (Lipinski definition) is 2. The molecule has 0 spiro atoms. The van der Waals surface area contributed by atoms with E-state index in [4.69, 9.17) is 5.73 Å². The summed E-state index contributed by atoms with van der Waals surface area (Å²) in [5, 5.41) is 3.22. The van der Waals surface area contributed by atoms with E-state index in [0.717, 1.165) is 13.0 Å². The summed E-state index contributed by atoms with van der Waals surface area (Å²) in [6.07, 6.45) is 1.06. The molecular formula is C13H20N2O. The normalized spacial score (nSPS) is 12.4. The number of carbonyl (C=O) groups is 1. The quantitative estimate of drug-likeness (QED) is 0.762. The van der Waals surface area contributed by atoms with Crippen molar-refractivity contribution in [3.8, 4) is 0 Å². The zero-order valence-corrected chi connectivity index (χ0v) is 9.99. The second-order valence-corrected chi connectivity index (χ2v) is 4.10. The Kier molecular flexibility index (Phi) is 4.99. The summed E-state index contributed by atoms with van der Waals surface area (Å²) < 4.78 is 0. The molecule has 1 atom stereocenters. The van der Waals surface area contributed by atoms with E-state index in [1.54, 1.807) is 0 Å². The van der Waals surface area contributed by atoms with Crippen LogP contribution in [-0.4, -0.2) is 12.5 Å². The van der Waals surface area contributed by atoms with Gasteiger partial charge in [-0.15, -0.1) is 0 Å². The first-order valence-electron chi connectivity index (χ1n) is 5.71. The SMILES string of the molecule is CCc1ccc(CNCC(C)C(N)=O)cc1. The number of aryl methyl sites for hydroxylation is 1. The van der Waals surface area contributed by atoms with Crippen LogP contribution in [0, 0.1) is 5.92 Å². The molecule has 0 aliphatic carbocycles. The van der Waals surface area contributed by atoms with Gasteiger partial charge in [-0.05, 0) is 17.5 Å². The van der Waals surface area contributed by atoms with Crippen molar-refractivity contribution < 1.29 is 4.79 Å². The Balaban J connectivity index is 2.34. The second-order valence-electron chi connectivity index (χ2n) is 4.10. The smallest absolute Gasteiger partial charge is 0.221 e. The van der Waals surface area contributed by atoms with Gasteiger partial charge in [0.25, 0.3) is 0 Å². The lowest BCUT2D eigenvalue weighted by Crippen LogP contribution is -2.30. The van der Waals surface area contributed by atoms with Gasteiger partial charge in [0.15, 0.2) is 0 Å². The maximum atomic E-state index is 10.8. The molecule has 0 radical (unpaired) electrons. The minimum Gasteiger partial charge on any atom is -0.369 e. The molecule has 88 valence electrons. The molecular weight excluding hydrogens is 200 g/mol. The number of rotatable bonds is 6. The van der Waals surface area contributed by atoms with Crippen molar-refractivity contribution >= 4 is 5.91 Å². The first kappa shape index (κ1) is 12.7. The lowest BCUT2D eigenvalue weighted by Gasteiger charge is -2.09. The van der Waals surface area contributed by atoms with Crippen LogP contribution in [0.15, 0.2) is 24.3 Å². The van der Waals surface area contributed by atoms with E-state index in [2.05, 4.69) is 36.5 Å². The average molecular weight is 220 g/mol. The third-order valence-corrected chi connectivity index (χ3v) is 2.70. The molecule has 1 rings (SSSR count). The summed E-state index contributed by atoms with van der Waals surface area (Å²) in [6.45, 7) is 5.38. The van der Waals surface area contributed by atoms with Crippen LogP contribution in [0.2, 0.25) is 0 Å². The molecule has 0 saturated carbocycles. The van der Waals surface area contributed by atoms with Crippen LogP contribution >= 0.6 is 0 Å². The molecule has 0 saturated heterocycles. The minimum absolute atomic E-state index is 0.116. The van der Waals surface area contributed by atoms with Crippen LogP contribution in [0.5, 0.6) is 0 Å². The maximum Gasteiger partial charge on any atom is 0.221 e. The molecule has 0 aliphatic heterocycles. The van der Waals surface area contributed by atoms with Crippen molar-refractivity contribution in [1.29, 1.82) is 0 Å². The van der Waals surface area contributed by atoms with E-state index in [1.165, 1.54) is 11.1 Å². The monoisotopic (exact) mass is 220 g/mol. The molecule has 3 heteroatoms. The number of carbonyl (C=O) groups excluding carboxylic acids is 1. The van der Waals surface area contributed by atoms with Crippen molar-refractivity contribution in [2.24, 2.45) is 11.7 Å². The summed E-state index contributed by atoms with van der Waals surface area (Å²) in [5.74, 6) is -0.372. The van der Waals surface area contributed by atoms with Gasteiger partial charge in [0, 0.05) is 19.0 Å². The second kappa shape index (κ2) is 6.28. The topological polar surface area (TPSA) is 55.1 Å². The molecule has 0 heterocycles. The molecule has 0 aliphatic rings. The molecule has 1 amide bonds. The maximum absolute atomic E-state index is 10.8. The molecule has 3 nitrogen and oxygen atoms in total. The van der Waals surface area contributed by atoms with Crippen LogP contribution in [0.25, 0.3) is 0 Å². The number of nitrogens with two attached hydrogens (primary N) is 1. The van der Waals surface area contributed by atoms with E-state index in [9.17, 15) is 4.79 Å². The summed E-state index contributed by atoms with van der Waals surface area (Å²) in [6, 6.07) is 8.49. The highest BCUT2D eigenvalue weighted by atomic mass is 16.1. The lowest BCUT2D eigenvalue weighted by molar-refractivity contribution is -0.121. The number of hydrogen-bond acceptors (Lipinski definition) is 2. The predicted octanol–water partition coefficient (Wildman–Crippen LogP) is 1.46. The Morgan fingerprint density at radius 2 is 1.88 bits per heavy atom. The van der Waals surface area contributed by atoms with Crippen LogP contribution in [0.3, 0.4) is 0 Å². The standard InChI is InChI=1S/C13H20N2O/c1-3-11-4-6-12(7-5-11)9-15-8-10(2)13(14)16/h4-7,10,15H,3,8-9H2,1-2H3,(H2,14,16). The van der Waals surface area contributed by atoms with Crippen molar-refractivity contribution in [1.82, 2.24) is 5.32 Å². The number of amides is 1. The van der Waals surface area contributed by atoms with Crippen molar-refractivity contribution in [2.75, 3.05) is 6.54 Å². The van der Waals surface area contributed by atoms with Gasteiger partial charge in [-0.3, -0.25) is 4.79 Å². The first-order valence-corrected chi connectivity index (χ1v) is 5.71. The molecule has 1 aromatic carbocycles. The van der Waals surface area contributed by atoms with Gasteiger partial charge in [-0.2, -0.15) is 0 Å². The Morgan fingerprint density at radius 1 is 1.31 bits per heavy atom. The number of primary amides is 1. The van der Waals surface area contributed by atoms with E-state index >= 15 is 0 Å². The molecule has 0 bridgehead atoms. The molecule has 3 N–H and O–H groups in total. The molecule has 0 aromatic heterocycles. The third kappa shape index (κ3) is 4.03. The molecule has 0 fully saturated rings. The minimum atomic E-state index is -0.256. The van der Waals surface area contributed by atoms with Gasteiger partial charge in [0.05, 0.1) is 0 Å². The van der Waals surface area contributed by atoms with Crippen LogP contribution < -0.4 is 11.1 Å². The van der Waals surface area contributed by atoms with Crippen molar-refractivity contribution in [3.63, 3.8) is 0 Å². The largest absolute Gasteiger partial charge is 0.369 e. The Hall–Kier alpha value is -1.35. The van der Waals surface area contributed by atoms with Crippen molar-refractivity contribution in [2.45, 2.75) is 26.8 Å². The zero-order valence-electron chi connectivity index (χ0n) is 9.99. The van der Waals surface area contributed by atoms with E-state index in [1.807, 2.05) is 6.92 Å². The van der Waals surface area contributed by atoms with Crippen LogP contribution in [0.4, 0.5) is 0 Å². The van der Waals surface area contributed by atoms with Crippen molar-refractivity contribution in [3.05, 3.63) is 35.4 Å². The summed E-state index contributed by atoms with van der Waals surface area (Å²) in [5.41, 5.74) is 7.75. The average Bonchev–Trinajstić information content (AvgIpc) is 2.29. The molecule has 1 aromatic rings. The van der Waals surface area contributed by atoms with E-state index < -0.39 is 0 Å². The van der Waals surface area contributed by atoms with Crippen LogP contribution in [-0.2, 0) is 17.8 Å². The fourth-order valence-electron chi connectivity index (χ4n) is 1.43. The highest BCUT2D eigenvalue weighted by Gasteiger charge is 2.06. The fourth-order valence-corrected chi connectivity index (χ4v) is 1.43. The molecule has 1 unspecified atom stereocenters. The highest BCUT2D eigenvalue weighted by Crippen LogP contribution is 2.04. The van der Waals surface area contributed by atoms with Gasteiger partial charge < -0.3 is 11.1 Å². The van der Waals surface area contributed by atoms with Gasteiger partial charge in [-0.25, -0.2) is 0 Å². The fraction of sp³-hybridized carbons (Fsp3) is 0.462. The lowest BCUT2D eigenvalue weighted by atomic mass is 10.1. The predicted molar refractivity (Wildman–Crippen MR) is 65.9 cm³/mol. The summed E-state index contributed by atoms with van der Waals surface area (Å²) >= 11 is 0. The van der Waals surface area contributed by atoms with Gasteiger partial charge in [0.1, 0.15) is 0 Å². The third-order valence-electron chi connectivity index (χ3n) is 2.70. The Labute approximate surface area is 97.0 Å².